The van der Waals surface area contributed by atoms with Gasteiger partial charge in [-0.3, -0.25) is 4.79 Å². The van der Waals surface area contributed by atoms with E-state index in [-0.39, 0.29) is 17.8 Å². The van der Waals surface area contributed by atoms with Gasteiger partial charge in [-0.25, -0.2) is 4.39 Å². The zero-order chi connectivity index (χ0) is 20.2. The van der Waals surface area contributed by atoms with E-state index >= 15 is 0 Å². The predicted molar refractivity (Wildman–Crippen MR) is 111 cm³/mol. The van der Waals surface area contributed by atoms with Crippen molar-refractivity contribution in [2.24, 2.45) is 7.05 Å². The Morgan fingerprint density at radius 3 is 2.76 bits per heavy atom. The van der Waals surface area contributed by atoms with E-state index in [4.69, 9.17) is 4.42 Å². The molecule has 1 unspecified atom stereocenters. The van der Waals surface area contributed by atoms with Crippen LogP contribution in [0.3, 0.4) is 0 Å². The second-order valence-electron chi connectivity index (χ2n) is 7.74. The molecule has 2 aromatic heterocycles. The predicted octanol–water partition coefficient (Wildman–Crippen LogP) is 5.50. The van der Waals surface area contributed by atoms with Crippen molar-refractivity contribution in [2.75, 3.05) is 6.54 Å². The van der Waals surface area contributed by atoms with Gasteiger partial charge in [-0.1, -0.05) is 25.0 Å². The Morgan fingerprint density at radius 1 is 1.10 bits per heavy atom. The van der Waals surface area contributed by atoms with Crippen LogP contribution in [0.25, 0.3) is 11.3 Å². The molecule has 3 aromatic rings. The Hall–Kier alpha value is -2.82. The lowest BCUT2D eigenvalue weighted by Gasteiger charge is -2.30. The maximum atomic E-state index is 14.0. The van der Waals surface area contributed by atoms with Crippen molar-refractivity contribution in [3.63, 3.8) is 0 Å². The first-order valence-corrected chi connectivity index (χ1v) is 10.4. The van der Waals surface area contributed by atoms with E-state index in [2.05, 4.69) is 10.6 Å². The topological polar surface area (TPSA) is 38.4 Å². The lowest BCUT2D eigenvalue weighted by Crippen LogP contribution is -2.35. The van der Waals surface area contributed by atoms with Gasteiger partial charge in [0.25, 0.3) is 0 Å². The van der Waals surface area contributed by atoms with Crippen LogP contribution < -0.4 is 0 Å². The number of nitrogens with zero attached hydrogens (tertiary/aromatic N) is 2. The summed E-state index contributed by atoms with van der Waals surface area (Å²) in [6, 6.07) is 14.5. The molecular formula is C24H27FN2O2. The van der Waals surface area contributed by atoms with Gasteiger partial charge in [0.2, 0.25) is 5.91 Å². The maximum absolute atomic E-state index is 14.0. The van der Waals surface area contributed by atoms with Gasteiger partial charge >= 0.3 is 0 Å². The molecule has 1 aliphatic rings. The number of rotatable bonds is 5. The lowest BCUT2D eigenvalue weighted by molar-refractivity contribution is -0.133. The highest BCUT2D eigenvalue weighted by atomic mass is 19.1. The summed E-state index contributed by atoms with van der Waals surface area (Å²) >= 11 is 0. The number of hydrogen-bond acceptors (Lipinski definition) is 2. The fourth-order valence-electron chi connectivity index (χ4n) is 4.23. The molecule has 152 valence electrons. The number of furan rings is 1. The first kappa shape index (κ1) is 19.5. The summed E-state index contributed by atoms with van der Waals surface area (Å²) in [5, 5.41) is 0. The fraction of sp³-hybridized carbons (Fsp3) is 0.375. The second-order valence-corrected chi connectivity index (χ2v) is 7.74. The molecule has 3 heterocycles. The molecule has 1 amide bonds. The van der Waals surface area contributed by atoms with Crippen LogP contribution >= 0.6 is 0 Å². The standard InChI is InChI=1S/C24H27FN2O2/c1-26-16-7-11-21(26)22-10-3-2-6-17-27(22)24(28)15-13-18-12-14-23(29-18)19-8-4-5-9-20(19)25/h4-5,7-9,11-12,14,16,22H,2-3,6,10,13,15,17H2,1H3. The Bertz CT molecular complexity index is 975. The van der Waals surface area contributed by atoms with E-state index in [9.17, 15) is 9.18 Å². The number of hydrogen-bond donors (Lipinski definition) is 0. The first-order valence-electron chi connectivity index (χ1n) is 10.4. The van der Waals surface area contributed by atoms with Crippen molar-refractivity contribution in [3.8, 4) is 11.3 Å². The number of carbonyl (C=O) groups excluding carboxylic acids is 1. The van der Waals surface area contributed by atoms with E-state index in [1.807, 2.05) is 30.3 Å². The maximum Gasteiger partial charge on any atom is 0.223 e. The van der Waals surface area contributed by atoms with Gasteiger partial charge in [-0.15, -0.1) is 0 Å². The highest BCUT2D eigenvalue weighted by Gasteiger charge is 2.28. The third-order valence-corrected chi connectivity index (χ3v) is 5.78. The summed E-state index contributed by atoms with van der Waals surface area (Å²) in [6.45, 7) is 0.799. The Kier molecular flexibility index (Phi) is 5.84. The number of amides is 1. The van der Waals surface area contributed by atoms with Crippen LogP contribution in [-0.4, -0.2) is 21.9 Å². The molecule has 4 rings (SSSR count). The van der Waals surface area contributed by atoms with Crippen LogP contribution in [-0.2, 0) is 18.3 Å². The summed E-state index contributed by atoms with van der Waals surface area (Å²) < 4.78 is 21.9. The summed E-state index contributed by atoms with van der Waals surface area (Å²) in [5.41, 5.74) is 1.64. The second kappa shape index (κ2) is 8.68. The Balaban J connectivity index is 1.44. The minimum absolute atomic E-state index is 0.135. The largest absolute Gasteiger partial charge is 0.461 e. The normalized spacial score (nSPS) is 17.3. The fourth-order valence-corrected chi connectivity index (χ4v) is 4.23. The van der Waals surface area contributed by atoms with E-state index < -0.39 is 0 Å². The van der Waals surface area contributed by atoms with Crippen LogP contribution in [0.15, 0.2) is 59.1 Å². The monoisotopic (exact) mass is 394 g/mol. The van der Waals surface area contributed by atoms with E-state index in [1.165, 1.54) is 11.8 Å². The van der Waals surface area contributed by atoms with Gasteiger partial charge in [-0.2, -0.15) is 0 Å². The molecular weight excluding hydrogens is 367 g/mol. The molecule has 4 nitrogen and oxygen atoms in total. The zero-order valence-electron chi connectivity index (χ0n) is 16.8. The van der Waals surface area contributed by atoms with Crippen LogP contribution in [0.2, 0.25) is 0 Å². The average Bonchev–Trinajstić information content (AvgIpc) is 3.29. The van der Waals surface area contributed by atoms with E-state index in [1.54, 1.807) is 24.3 Å². The summed E-state index contributed by atoms with van der Waals surface area (Å²) in [4.78, 5) is 15.1. The Morgan fingerprint density at radius 2 is 1.97 bits per heavy atom. The zero-order valence-corrected chi connectivity index (χ0v) is 16.8. The third-order valence-electron chi connectivity index (χ3n) is 5.78. The molecule has 1 aliphatic heterocycles. The van der Waals surface area contributed by atoms with Crippen molar-refractivity contribution in [1.29, 1.82) is 0 Å². The molecule has 0 bridgehead atoms. The molecule has 29 heavy (non-hydrogen) atoms. The first-order chi connectivity index (χ1) is 14.1. The molecule has 1 atom stereocenters. The van der Waals surface area contributed by atoms with Gasteiger partial charge < -0.3 is 13.9 Å². The van der Waals surface area contributed by atoms with Crippen molar-refractivity contribution >= 4 is 5.91 Å². The van der Waals surface area contributed by atoms with Crippen molar-refractivity contribution in [3.05, 3.63) is 72.0 Å². The molecule has 0 saturated carbocycles. The van der Waals surface area contributed by atoms with Crippen LogP contribution in [0.5, 0.6) is 0 Å². The molecule has 1 fully saturated rings. The number of benzene rings is 1. The minimum atomic E-state index is -0.306. The number of aryl methyl sites for hydroxylation is 2. The molecule has 0 spiro atoms. The number of halogens is 1. The quantitative estimate of drug-likeness (QED) is 0.573. The van der Waals surface area contributed by atoms with Crippen LogP contribution in [0.4, 0.5) is 4.39 Å². The van der Waals surface area contributed by atoms with Gasteiger partial charge in [0.15, 0.2) is 0 Å². The lowest BCUT2D eigenvalue weighted by atomic mass is 10.1. The summed E-state index contributed by atoms with van der Waals surface area (Å²) in [7, 11) is 2.04. The number of likely N-dealkylation sites (tertiary alicyclic amines) is 1. The molecule has 1 aromatic carbocycles. The van der Waals surface area contributed by atoms with E-state index in [0.717, 1.165) is 32.2 Å². The number of aromatic nitrogens is 1. The van der Waals surface area contributed by atoms with Crippen LogP contribution in [0.1, 0.15) is 49.6 Å². The van der Waals surface area contributed by atoms with Gasteiger partial charge in [0, 0.05) is 38.3 Å². The molecule has 0 aliphatic carbocycles. The highest BCUT2D eigenvalue weighted by molar-refractivity contribution is 5.77. The average molecular weight is 394 g/mol. The van der Waals surface area contributed by atoms with Gasteiger partial charge in [0.1, 0.15) is 17.3 Å². The van der Waals surface area contributed by atoms with Crippen molar-refractivity contribution < 1.29 is 13.6 Å². The highest BCUT2D eigenvalue weighted by Crippen LogP contribution is 2.31. The molecule has 1 saturated heterocycles. The van der Waals surface area contributed by atoms with E-state index in [0.29, 0.717) is 29.9 Å². The van der Waals surface area contributed by atoms with Gasteiger partial charge in [0.05, 0.1) is 11.6 Å². The minimum Gasteiger partial charge on any atom is -0.461 e. The number of carbonyl (C=O) groups is 1. The third kappa shape index (κ3) is 4.29. The SMILES string of the molecule is Cn1cccc1C1CCCCCN1C(=O)CCc1ccc(-c2ccccc2F)o1. The molecule has 0 radical (unpaired) electrons. The molecule has 0 N–H and O–H groups in total. The summed E-state index contributed by atoms with van der Waals surface area (Å²) in [6.07, 6.45) is 7.30. The molecule has 5 heteroatoms. The van der Waals surface area contributed by atoms with Crippen LogP contribution in [0, 0.1) is 5.82 Å². The van der Waals surface area contributed by atoms with Gasteiger partial charge in [-0.05, 0) is 49.2 Å². The van der Waals surface area contributed by atoms with Crippen molar-refractivity contribution in [1.82, 2.24) is 9.47 Å². The smallest absolute Gasteiger partial charge is 0.223 e. The summed E-state index contributed by atoms with van der Waals surface area (Å²) in [5.74, 6) is 1.06. The Labute approximate surface area is 170 Å². The van der Waals surface area contributed by atoms with Crippen molar-refractivity contribution in [2.45, 2.75) is 44.6 Å².